The lowest BCUT2D eigenvalue weighted by molar-refractivity contribution is 1.04. The quantitative estimate of drug-likeness (QED) is 0.868. The summed E-state index contributed by atoms with van der Waals surface area (Å²) in [5, 5.41) is 18.1. The maximum Gasteiger partial charge on any atom is 0.102 e. The molecule has 1 N–H and O–H groups in total. The van der Waals surface area contributed by atoms with Crippen molar-refractivity contribution in [3.05, 3.63) is 46.8 Å². The molecule has 0 spiro atoms. The molecular weight excluding hydrogens is 222 g/mol. The normalized spacial score (nSPS) is 9.78. The number of aryl methyl sites for hydroxylation is 2. The van der Waals surface area contributed by atoms with E-state index >= 15 is 0 Å². The van der Waals surface area contributed by atoms with Crippen LogP contribution in [-0.2, 0) is 6.42 Å². The van der Waals surface area contributed by atoms with Crippen molar-refractivity contribution < 1.29 is 0 Å². The third kappa shape index (κ3) is 1.87. The topological polar surface area (TPSA) is 63.4 Å². The van der Waals surface area contributed by atoms with Crippen molar-refractivity contribution in [1.29, 1.82) is 10.5 Å². The second-order valence-electron chi connectivity index (χ2n) is 4.13. The molecule has 0 amide bonds. The van der Waals surface area contributed by atoms with Crippen LogP contribution in [0.5, 0.6) is 0 Å². The molecule has 0 bridgehead atoms. The maximum absolute atomic E-state index is 9.28. The number of rotatable bonds is 2. The number of nitrogens with zero attached hydrogens (tertiary/aromatic N) is 2. The number of aromatic nitrogens is 1. The van der Waals surface area contributed by atoms with Crippen LogP contribution >= 0.6 is 0 Å². The van der Waals surface area contributed by atoms with Crippen LogP contribution in [0.15, 0.2) is 24.3 Å². The molecule has 1 aromatic heterocycles. The van der Waals surface area contributed by atoms with Crippen molar-refractivity contribution in [2.45, 2.75) is 20.3 Å². The molecule has 0 atom stereocenters. The Kier molecular flexibility index (Phi) is 3.17. The highest BCUT2D eigenvalue weighted by atomic mass is 14.7. The fourth-order valence-corrected chi connectivity index (χ4v) is 2.15. The van der Waals surface area contributed by atoms with Crippen LogP contribution in [0.2, 0.25) is 0 Å². The highest BCUT2D eigenvalue weighted by Crippen LogP contribution is 2.30. The van der Waals surface area contributed by atoms with Gasteiger partial charge in [-0.15, -0.1) is 0 Å². The van der Waals surface area contributed by atoms with Gasteiger partial charge in [-0.2, -0.15) is 10.5 Å². The van der Waals surface area contributed by atoms with E-state index in [2.05, 4.69) is 17.1 Å². The van der Waals surface area contributed by atoms with Crippen LogP contribution in [0, 0.1) is 29.6 Å². The second-order valence-corrected chi connectivity index (χ2v) is 4.13. The van der Waals surface area contributed by atoms with Gasteiger partial charge < -0.3 is 4.98 Å². The molecule has 0 aliphatic carbocycles. The van der Waals surface area contributed by atoms with Crippen LogP contribution in [0.4, 0.5) is 0 Å². The molecule has 0 saturated heterocycles. The number of nitrogens with one attached hydrogen (secondary N) is 1. The first-order chi connectivity index (χ1) is 8.71. The van der Waals surface area contributed by atoms with Gasteiger partial charge in [0.05, 0.1) is 17.2 Å². The summed E-state index contributed by atoms with van der Waals surface area (Å²) in [5.41, 5.74) is 5.21. The lowest BCUT2D eigenvalue weighted by Crippen LogP contribution is -1.85. The van der Waals surface area contributed by atoms with Gasteiger partial charge in [-0.05, 0) is 31.0 Å². The fourth-order valence-electron chi connectivity index (χ4n) is 2.15. The molecular formula is C15H13N3. The average molecular weight is 235 g/mol. The third-order valence-electron chi connectivity index (χ3n) is 3.03. The zero-order chi connectivity index (χ0) is 13.1. The van der Waals surface area contributed by atoms with Crippen molar-refractivity contribution in [3.8, 4) is 23.3 Å². The summed E-state index contributed by atoms with van der Waals surface area (Å²) in [4.78, 5) is 3.25. The summed E-state index contributed by atoms with van der Waals surface area (Å²) in [7, 11) is 0. The average Bonchev–Trinajstić information content (AvgIpc) is 2.74. The first-order valence-electron chi connectivity index (χ1n) is 5.83. The number of aromatic amines is 1. The zero-order valence-electron chi connectivity index (χ0n) is 10.4. The van der Waals surface area contributed by atoms with Crippen LogP contribution < -0.4 is 0 Å². The first kappa shape index (κ1) is 12.0. The minimum atomic E-state index is 0.626. The standard InChI is InChI=1S/C15H13N3/c1-3-14-13(9-17)15(10(2)18-14)12-6-4-11(8-16)5-7-12/h4-7,18H,3H2,1-2H3. The van der Waals surface area contributed by atoms with Crippen molar-refractivity contribution in [2.75, 3.05) is 0 Å². The van der Waals surface area contributed by atoms with E-state index in [1.807, 2.05) is 26.0 Å². The second kappa shape index (κ2) is 4.77. The number of hydrogen-bond acceptors (Lipinski definition) is 2. The summed E-state index contributed by atoms with van der Waals surface area (Å²) in [5.74, 6) is 0. The zero-order valence-corrected chi connectivity index (χ0v) is 10.4. The molecule has 3 heteroatoms. The van der Waals surface area contributed by atoms with Crippen molar-refractivity contribution in [2.24, 2.45) is 0 Å². The number of hydrogen-bond donors (Lipinski definition) is 1. The van der Waals surface area contributed by atoms with Gasteiger partial charge in [0.2, 0.25) is 0 Å². The van der Waals surface area contributed by atoms with E-state index in [9.17, 15) is 5.26 Å². The molecule has 0 radical (unpaired) electrons. The van der Waals surface area contributed by atoms with E-state index in [1.165, 1.54) is 0 Å². The molecule has 1 heterocycles. The van der Waals surface area contributed by atoms with Gasteiger partial charge in [0.1, 0.15) is 6.07 Å². The molecule has 0 fully saturated rings. The summed E-state index contributed by atoms with van der Waals surface area (Å²) in [6.07, 6.45) is 0.806. The van der Waals surface area contributed by atoms with Gasteiger partial charge in [0.25, 0.3) is 0 Å². The van der Waals surface area contributed by atoms with Crippen LogP contribution in [0.25, 0.3) is 11.1 Å². The lowest BCUT2D eigenvalue weighted by Gasteiger charge is -2.01. The van der Waals surface area contributed by atoms with Crippen molar-refractivity contribution >= 4 is 0 Å². The molecule has 3 nitrogen and oxygen atoms in total. The van der Waals surface area contributed by atoms with Gasteiger partial charge in [-0.25, -0.2) is 0 Å². The van der Waals surface area contributed by atoms with Gasteiger partial charge in [-0.3, -0.25) is 0 Å². The molecule has 88 valence electrons. The molecule has 0 aliphatic heterocycles. The molecule has 1 aromatic carbocycles. The lowest BCUT2D eigenvalue weighted by atomic mass is 9.99. The Morgan fingerprint density at radius 3 is 2.28 bits per heavy atom. The SMILES string of the molecule is CCc1[nH]c(C)c(-c2ccc(C#N)cc2)c1C#N. The van der Waals surface area contributed by atoms with E-state index in [4.69, 9.17) is 5.26 Å². The Hall–Kier alpha value is -2.52. The van der Waals surface area contributed by atoms with Gasteiger partial charge in [0, 0.05) is 17.0 Å². The predicted octanol–water partition coefficient (Wildman–Crippen LogP) is 3.30. The number of benzene rings is 1. The van der Waals surface area contributed by atoms with E-state index < -0.39 is 0 Å². The number of H-pyrrole nitrogens is 1. The summed E-state index contributed by atoms with van der Waals surface area (Å²) in [6, 6.07) is 11.7. The molecule has 2 aromatic rings. The predicted molar refractivity (Wildman–Crippen MR) is 69.8 cm³/mol. The third-order valence-corrected chi connectivity index (χ3v) is 3.03. The molecule has 18 heavy (non-hydrogen) atoms. The fraction of sp³-hybridized carbons (Fsp3) is 0.200. The van der Waals surface area contributed by atoms with Gasteiger partial charge in [0.15, 0.2) is 0 Å². The van der Waals surface area contributed by atoms with E-state index in [0.29, 0.717) is 11.1 Å². The van der Waals surface area contributed by atoms with Crippen LogP contribution in [-0.4, -0.2) is 4.98 Å². The molecule has 2 rings (SSSR count). The van der Waals surface area contributed by atoms with Crippen molar-refractivity contribution in [3.63, 3.8) is 0 Å². The molecule has 0 aliphatic rings. The van der Waals surface area contributed by atoms with Crippen LogP contribution in [0.1, 0.15) is 29.4 Å². The van der Waals surface area contributed by atoms with E-state index in [-0.39, 0.29) is 0 Å². The Labute approximate surface area is 106 Å². The smallest absolute Gasteiger partial charge is 0.102 e. The van der Waals surface area contributed by atoms with E-state index in [1.54, 1.807) is 12.1 Å². The monoisotopic (exact) mass is 235 g/mol. The molecule has 0 unspecified atom stereocenters. The van der Waals surface area contributed by atoms with Crippen LogP contribution in [0.3, 0.4) is 0 Å². The van der Waals surface area contributed by atoms with Gasteiger partial charge in [-0.1, -0.05) is 19.1 Å². The summed E-state index contributed by atoms with van der Waals surface area (Å²) >= 11 is 0. The summed E-state index contributed by atoms with van der Waals surface area (Å²) < 4.78 is 0. The minimum absolute atomic E-state index is 0.626. The largest absolute Gasteiger partial charge is 0.361 e. The molecule has 0 saturated carbocycles. The highest BCUT2D eigenvalue weighted by Gasteiger charge is 2.15. The van der Waals surface area contributed by atoms with Crippen molar-refractivity contribution in [1.82, 2.24) is 4.98 Å². The highest BCUT2D eigenvalue weighted by molar-refractivity contribution is 5.75. The summed E-state index contributed by atoms with van der Waals surface area (Å²) in [6.45, 7) is 3.99. The number of nitriles is 2. The Morgan fingerprint density at radius 2 is 1.78 bits per heavy atom. The Morgan fingerprint density at radius 1 is 1.11 bits per heavy atom. The Bertz CT molecular complexity index is 649. The minimum Gasteiger partial charge on any atom is -0.361 e. The Balaban J connectivity index is 2.60. The van der Waals surface area contributed by atoms with Gasteiger partial charge >= 0.3 is 0 Å². The van der Waals surface area contributed by atoms with E-state index in [0.717, 1.165) is 28.9 Å². The maximum atomic E-state index is 9.28. The first-order valence-corrected chi connectivity index (χ1v) is 5.83.